The summed E-state index contributed by atoms with van der Waals surface area (Å²) in [6.07, 6.45) is 3.75. The zero-order chi connectivity index (χ0) is 10.7. The number of fused-ring (bicyclic) bond motifs is 1. The van der Waals surface area contributed by atoms with Gasteiger partial charge in [0.1, 0.15) is 0 Å². The maximum Gasteiger partial charge on any atom is 0.0136 e. The highest BCUT2D eigenvalue weighted by molar-refractivity contribution is 5.85. The Labute approximate surface area is 105 Å². The van der Waals surface area contributed by atoms with E-state index in [1.807, 2.05) is 0 Å². The summed E-state index contributed by atoms with van der Waals surface area (Å²) in [5.41, 5.74) is 3.11. The summed E-state index contributed by atoms with van der Waals surface area (Å²) in [5.74, 6) is 0.668. The summed E-state index contributed by atoms with van der Waals surface area (Å²) in [6.45, 7) is 5.73. The zero-order valence-electron chi connectivity index (χ0n) is 10.2. The molecule has 1 nitrogen and oxygen atoms in total. The molecule has 2 rings (SSSR count). The number of halogens is 1. The predicted molar refractivity (Wildman–Crippen MR) is 72.5 cm³/mol. The molecule has 1 aromatic rings. The van der Waals surface area contributed by atoms with Crippen molar-refractivity contribution < 1.29 is 0 Å². The highest BCUT2D eigenvalue weighted by Crippen LogP contribution is 2.31. The largest absolute Gasteiger partial charge is 0.313 e. The highest BCUT2D eigenvalue weighted by Gasteiger charge is 2.24. The molecule has 16 heavy (non-hydrogen) atoms. The number of rotatable bonds is 3. The van der Waals surface area contributed by atoms with Crippen LogP contribution in [0.4, 0.5) is 0 Å². The van der Waals surface area contributed by atoms with Crippen molar-refractivity contribution in [2.75, 3.05) is 6.54 Å². The number of benzene rings is 1. The normalized spacial score (nSPS) is 23.4. The van der Waals surface area contributed by atoms with E-state index in [9.17, 15) is 0 Å². The van der Waals surface area contributed by atoms with Gasteiger partial charge in [0.15, 0.2) is 0 Å². The molecule has 1 aliphatic rings. The third-order valence-electron chi connectivity index (χ3n) is 3.53. The maximum atomic E-state index is 3.66. The molecule has 2 atom stereocenters. The Kier molecular flexibility index (Phi) is 5.30. The van der Waals surface area contributed by atoms with Crippen molar-refractivity contribution in [1.29, 1.82) is 0 Å². The standard InChI is InChI=1S/C14H21N.ClH/c1-3-10-15-14-9-8-12-6-4-5-7-13(12)11(14)2;/h4-7,11,14-15H,3,8-10H2,1-2H3;1H. The van der Waals surface area contributed by atoms with Crippen LogP contribution in [-0.4, -0.2) is 12.6 Å². The second-order valence-electron chi connectivity index (χ2n) is 4.59. The molecule has 90 valence electrons. The lowest BCUT2D eigenvalue weighted by Gasteiger charge is -2.32. The van der Waals surface area contributed by atoms with Gasteiger partial charge in [-0.3, -0.25) is 0 Å². The molecule has 0 radical (unpaired) electrons. The van der Waals surface area contributed by atoms with Gasteiger partial charge in [-0.25, -0.2) is 0 Å². The molecule has 1 N–H and O–H groups in total. The van der Waals surface area contributed by atoms with E-state index in [1.54, 1.807) is 11.1 Å². The fraction of sp³-hybridized carbons (Fsp3) is 0.571. The van der Waals surface area contributed by atoms with Gasteiger partial charge in [-0.2, -0.15) is 0 Å². The first kappa shape index (κ1) is 13.5. The number of aryl methyl sites for hydroxylation is 1. The Balaban J connectivity index is 0.00000128. The van der Waals surface area contributed by atoms with Crippen molar-refractivity contribution in [1.82, 2.24) is 5.32 Å². The summed E-state index contributed by atoms with van der Waals surface area (Å²) in [6, 6.07) is 9.57. The first-order chi connectivity index (χ1) is 7.33. The van der Waals surface area contributed by atoms with E-state index in [4.69, 9.17) is 0 Å². The molecular formula is C14H22ClN. The van der Waals surface area contributed by atoms with Crippen LogP contribution in [0.1, 0.15) is 43.7 Å². The molecule has 0 saturated heterocycles. The van der Waals surface area contributed by atoms with Crippen LogP contribution in [0.3, 0.4) is 0 Å². The fourth-order valence-corrected chi connectivity index (χ4v) is 2.59. The van der Waals surface area contributed by atoms with Gasteiger partial charge in [-0.1, -0.05) is 38.1 Å². The van der Waals surface area contributed by atoms with E-state index in [0.29, 0.717) is 12.0 Å². The van der Waals surface area contributed by atoms with Gasteiger partial charge >= 0.3 is 0 Å². The second kappa shape index (κ2) is 6.27. The molecule has 0 amide bonds. The van der Waals surface area contributed by atoms with Crippen LogP contribution in [0.2, 0.25) is 0 Å². The molecule has 0 bridgehead atoms. The molecule has 0 aromatic heterocycles. The van der Waals surface area contributed by atoms with E-state index >= 15 is 0 Å². The molecule has 0 fully saturated rings. The molecule has 0 heterocycles. The predicted octanol–water partition coefficient (Wildman–Crippen LogP) is 3.53. The molecule has 2 unspecified atom stereocenters. The molecule has 0 saturated carbocycles. The van der Waals surface area contributed by atoms with Gasteiger partial charge in [0.05, 0.1) is 0 Å². The quantitative estimate of drug-likeness (QED) is 0.851. The van der Waals surface area contributed by atoms with Crippen molar-refractivity contribution in [3.63, 3.8) is 0 Å². The van der Waals surface area contributed by atoms with Crippen molar-refractivity contribution in [3.05, 3.63) is 35.4 Å². The van der Waals surface area contributed by atoms with Crippen LogP contribution >= 0.6 is 12.4 Å². The summed E-state index contributed by atoms with van der Waals surface area (Å²) in [7, 11) is 0. The molecule has 1 aliphatic carbocycles. The van der Waals surface area contributed by atoms with Crippen LogP contribution in [0, 0.1) is 0 Å². The van der Waals surface area contributed by atoms with Crippen molar-refractivity contribution >= 4 is 12.4 Å². The van der Waals surface area contributed by atoms with Gasteiger partial charge in [0.25, 0.3) is 0 Å². The van der Waals surface area contributed by atoms with E-state index in [0.717, 1.165) is 6.54 Å². The van der Waals surface area contributed by atoms with Gasteiger partial charge in [-0.05, 0) is 42.9 Å². The third-order valence-corrected chi connectivity index (χ3v) is 3.53. The average molecular weight is 240 g/mol. The van der Waals surface area contributed by atoms with Crippen molar-refractivity contribution in [3.8, 4) is 0 Å². The van der Waals surface area contributed by atoms with Gasteiger partial charge in [-0.15, -0.1) is 12.4 Å². The number of hydrogen-bond donors (Lipinski definition) is 1. The lowest BCUT2D eigenvalue weighted by Crippen LogP contribution is -2.37. The minimum absolute atomic E-state index is 0. The molecule has 1 aromatic carbocycles. The van der Waals surface area contributed by atoms with Crippen LogP contribution in [0.5, 0.6) is 0 Å². The van der Waals surface area contributed by atoms with Gasteiger partial charge in [0, 0.05) is 6.04 Å². The SMILES string of the molecule is CCCNC1CCc2ccccc2C1C.Cl. The third kappa shape index (κ3) is 2.78. The first-order valence-corrected chi connectivity index (χ1v) is 6.14. The average Bonchev–Trinajstić information content (AvgIpc) is 2.29. The summed E-state index contributed by atoms with van der Waals surface area (Å²) in [4.78, 5) is 0. The Morgan fingerprint density at radius 2 is 2.06 bits per heavy atom. The summed E-state index contributed by atoms with van der Waals surface area (Å²) >= 11 is 0. The minimum Gasteiger partial charge on any atom is -0.313 e. The van der Waals surface area contributed by atoms with Gasteiger partial charge < -0.3 is 5.32 Å². The lowest BCUT2D eigenvalue weighted by atomic mass is 9.80. The van der Waals surface area contributed by atoms with E-state index in [1.165, 1.54) is 19.3 Å². The Morgan fingerprint density at radius 1 is 1.31 bits per heavy atom. The topological polar surface area (TPSA) is 12.0 Å². The molecule has 0 spiro atoms. The van der Waals surface area contributed by atoms with Crippen LogP contribution in [-0.2, 0) is 6.42 Å². The highest BCUT2D eigenvalue weighted by atomic mass is 35.5. The number of hydrogen-bond acceptors (Lipinski definition) is 1. The van der Waals surface area contributed by atoms with Crippen LogP contribution in [0.25, 0.3) is 0 Å². The molecule has 0 aliphatic heterocycles. The Morgan fingerprint density at radius 3 is 2.81 bits per heavy atom. The lowest BCUT2D eigenvalue weighted by molar-refractivity contribution is 0.404. The van der Waals surface area contributed by atoms with E-state index in [2.05, 4.69) is 43.4 Å². The molecular weight excluding hydrogens is 218 g/mol. The zero-order valence-corrected chi connectivity index (χ0v) is 11.0. The first-order valence-electron chi connectivity index (χ1n) is 6.14. The van der Waals surface area contributed by atoms with E-state index < -0.39 is 0 Å². The monoisotopic (exact) mass is 239 g/mol. The van der Waals surface area contributed by atoms with Crippen molar-refractivity contribution in [2.24, 2.45) is 0 Å². The van der Waals surface area contributed by atoms with Crippen molar-refractivity contribution in [2.45, 2.75) is 45.1 Å². The summed E-state index contributed by atoms with van der Waals surface area (Å²) in [5, 5.41) is 3.66. The Bertz CT molecular complexity index is 324. The van der Waals surface area contributed by atoms with Crippen LogP contribution < -0.4 is 5.32 Å². The Hall–Kier alpha value is -0.530. The van der Waals surface area contributed by atoms with Gasteiger partial charge in [0.2, 0.25) is 0 Å². The summed E-state index contributed by atoms with van der Waals surface area (Å²) < 4.78 is 0. The smallest absolute Gasteiger partial charge is 0.0136 e. The number of nitrogens with one attached hydrogen (secondary N) is 1. The molecule has 2 heteroatoms. The van der Waals surface area contributed by atoms with E-state index in [-0.39, 0.29) is 12.4 Å². The van der Waals surface area contributed by atoms with Crippen LogP contribution in [0.15, 0.2) is 24.3 Å². The maximum absolute atomic E-state index is 3.66. The minimum atomic E-state index is 0. The fourth-order valence-electron chi connectivity index (χ4n) is 2.59. The second-order valence-corrected chi connectivity index (χ2v) is 4.59.